The van der Waals surface area contributed by atoms with Crippen LogP contribution in [0, 0.1) is 9.62 Å². The number of rotatable bonds is 3. The first-order valence-electron chi connectivity index (χ1n) is 5.54. The number of hydrogen-bond donors (Lipinski definition) is 0. The van der Waals surface area contributed by atoms with Crippen molar-refractivity contribution in [2.75, 3.05) is 23.9 Å². The van der Waals surface area contributed by atoms with E-state index in [1.165, 1.54) is 18.2 Å². The summed E-state index contributed by atoms with van der Waals surface area (Å²) in [6.45, 7) is 0.531. The molecule has 1 fully saturated rings. The monoisotopic (exact) mass is 439 g/mol. The second-order valence-electron chi connectivity index (χ2n) is 4.09. The summed E-state index contributed by atoms with van der Waals surface area (Å²) in [5, 5.41) is 0.737. The van der Waals surface area contributed by atoms with E-state index in [0.29, 0.717) is 16.7 Å². The molecule has 8 heteroatoms. The second kappa shape index (κ2) is 6.12. The highest BCUT2D eigenvalue weighted by Gasteiger charge is 2.34. The van der Waals surface area contributed by atoms with E-state index in [9.17, 15) is 9.59 Å². The summed E-state index contributed by atoms with van der Waals surface area (Å²) in [5.74, 6) is -0.138. The normalized spacial score (nSPS) is 18.8. The zero-order chi connectivity index (χ0) is 14.0. The smallest absolute Gasteiger partial charge is 0.360 e. The number of nitrogens with zero attached hydrogens (tertiary/aromatic N) is 3. The highest BCUT2D eigenvalue weighted by Crippen LogP contribution is 2.27. The van der Waals surface area contributed by atoms with Gasteiger partial charge in [-0.15, -0.1) is 0 Å². The highest BCUT2D eigenvalue weighted by atomic mass is 127. The molecule has 0 bridgehead atoms. The van der Waals surface area contributed by atoms with E-state index in [4.69, 9.17) is 0 Å². The van der Waals surface area contributed by atoms with Gasteiger partial charge in [-0.3, -0.25) is 9.69 Å². The van der Waals surface area contributed by atoms with Gasteiger partial charge in [0, 0.05) is 18.3 Å². The van der Waals surface area contributed by atoms with Crippen LogP contribution in [0.1, 0.15) is 16.9 Å². The van der Waals surface area contributed by atoms with E-state index in [2.05, 4.69) is 30.6 Å². The lowest BCUT2D eigenvalue weighted by Gasteiger charge is -2.17. The van der Waals surface area contributed by atoms with E-state index < -0.39 is 5.97 Å². The Balaban J connectivity index is 2.39. The SMILES string of the molecule is COC(=O)c1nc(I)cnc1N1CC(CBr)CC1=O. The lowest BCUT2D eigenvalue weighted by Crippen LogP contribution is -2.28. The summed E-state index contributed by atoms with van der Waals surface area (Å²) >= 11 is 5.33. The van der Waals surface area contributed by atoms with Crippen LogP contribution in [0.25, 0.3) is 0 Å². The molecular weight excluding hydrogens is 429 g/mol. The molecular formula is C11H11BrIN3O3. The summed E-state index contributed by atoms with van der Waals surface area (Å²) < 4.78 is 5.26. The lowest BCUT2D eigenvalue weighted by atomic mass is 10.2. The Morgan fingerprint density at radius 2 is 2.42 bits per heavy atom. The first-order chi connectivity index (χ1) is 9.06. The maximum Gasteiger partial charge on any atom is 0.360 e. The van der Waals surface area contributed by atoms with Gasteiger partial charge in [0.25, 0.3) is 0 Å². The van der Waals surface area contributed by atoms with Gasteiger partial charge in [0.05, 0.1) is 13.3 Å². The molecule has 1 aromatic heterocycles. The van der Waals surface area contributed by atoms with Crippen LogP contribution in [0.4, 0.5) is 5.82 Å². The number of esters is 1. The molecule has 0 aliphatic carbocycles. The number of alkyl halides is 1. The first-order valence-corrected chi connectivity index (χ1v) is 7.74. The average molecular weight is 440 g/mol. The molecule has 0 saturated carbocycles. The third-order valence-corrected chi connectivity index (χ3v) is 4.22. The zero-order valence-electron chi connectivity index (χ0n) is 10.1. The minimum absolute atomic E-state index is 0.0508. The number of carbonyl (C=O) groups excluding carboxylic acids is 2. The maximum absolute atomic E-state index is 12.0. The fourth-order valence-electron chi connectivity index (χ4n) is 1.88. The molecule has 0 N–H and O–H groups in total. The Morgan fingerprint density at radius 1 is 1.68 bits per heavy atom. The van der Waals surface area contributed by atoms with Crippen molar-refractivity contribution in [1.29, 1.82) is 0 Å². The van der Waals surface area contributed by atoms with Gasteiger partial charge in [0.2, 0.25) is 5.91 Å². The van der Waals surface area contributed by atoms with Crippen LogP contribution >= 0.6 is 38.5 Å². The molecule has 102 valence electrons. The Labute approximate surface area is 132 Å². The summed E-state index contributed by atoms with van der Waals surface area (Å²) in [4.78, 5) is 33.5. The predicted octanol–water partition coefficient (Wildman–Crippen LogP) is 1.62. The Hall–Kier alpha value is -0.770. The molecule has 0 radical (unpaired) electrons. The van der Waals surface area contributed by atoms with E-state index in [1.807, 2.05) is 22.6 Å². The number of halogens is 2. The molecule has 1 aromatic rings. The maximum atomic E-state index is 12.0. The van der Waals surface area contributed by atoms with Crippen LogP contribution in [0.2, 0.25) is 0 Å². The molecule has 0 aromatic carbocycles. The number of methoxy groups -OCH3 is 1. The average Bonchev–Trinajstić information content (AvgIpc) is 2.79. The summed E-state index contributed by atoms with van der Waals surface area (Å²) in [5.41, 5.74) is 0.0815. The van der Waals surface area contributed by atoms with Gasteiger partial charge in [-0.1, -0.05) is 15.9 Å². The number of anilines is 1. The van der Waals surface area contributed by atoms with Gasteiger partial charge in [-0.2, -0.15) is 0 Å². The molecule has 1 atom stereocenters. The summed E-state index contributed by atoms with van der Waals surface area (Å²) in [7, 11) is 1.28. The van der Waals surface area contributed by atoms with Gasteiger partial charge >= 0.3 is 5.97 Å². The summed E-state index contributed by atoms with van der Waals surface area (Å²) in [6, 6.07) is 0. The lowest BCUT2D eigenvalue weighted by molar-refractivity contribution is -0.117. The van der Waals surface area contributed by atoms with Gasteiger partial charge < -0.3 is 4.74 Å². The van der Waals surface area contributed by atoms with Gasteiger partial charge in [0.15, 0.2) is 11.5 Å². The van der Waals surface area contributed by atoms with Crippen LogP contribution in [0.3, 0.4) is 0 Å². The molecule has 2 rings (SSSR count). The zero-order valence-corrected chi connectivity index (χ0v) is 13.8. The van der Waals surface area contributed by atoms with Crippen LogP contribution in [0.5, 0.6) is 0 Å². The van der Waals surface area contributed by atoms with Crippen LogP contribution in [-0.4, -0.2) is 40.8 Å². The third-order valence-electron chi connectivity index (χ3n) is 2.78. The van der Waals surface area contributed by atoms with Gasteiger partial charge in [-0.25, -0.2) is 14.8 Å². The van der Waals surface area contributed by atoms with E-state index in [1.54, 1.807) is 0 Å². The van der Waals surface area contributed by atoms with Crippen molar-refractivity contribution in [3.63, 3.8) is 0 Å². The van der Waals surface area contributed by atoms with Crippen molar-refractivity contribution in [2.24, 2.45) is 5.92 Å². The Bertz CT molecular complexity index is 526. The van der Waals surface area contributed by atoms with Crippen molar-refractivity contribution in [1.82, 2.24) is 9.97 Å². The molecule has 1 amide bonds. The standard InChI is InChI=1S/C11H11BrIN3O3/c1-19-11(18)9-10(14-4-7(13)15-9)16-5-6(3-12)2-8(16)17/h4,6H,2-3,5H2,1H3. The number of carbonyl (C=O) groups is 2. The third kappa shape index (κ3) is 3.04. The number of hydrogen-bond acceptors (Lipinski definition) is 5. The predicted molar refractivity (Wildman–Crippen MR) is 80.3 cm³/mol. The molecule has 2 heterocycles. The fourth-order valence-corrected chi connectivity index (χ4v) is 2.70. The van der Waals surface area contributed by atoms with E-state index in [0.717, 1.165) is 5.33 Å². The minimum Gasteiger partial charge on any atom is -0.464 e. The fraction of sp³-hybridized carbons (Fsp3) is 0.455. The van der Waals surface area contributed by atoms with Gasteiger partial charge in [-0.05, 0) is 28.5 Å². The van der Waals surface area contributed by atoms with Crippen LogP contribution in [-0.2, 0) is 9.53 Å². The first kappa shape index (κ1) is 14.6. The molecule has 6 nitrogen and oxygen atoms in total. The molecule has 1 aliphatic heterocycles. The quantitative estimate of drug-likeness (QED) is 0.406. The molecule has 1 saturated heterocycles. The van der Waals surface area contributed by atoms with Gasteiger partial charge in [0.1, 0.15) is 3.70 Å². The summed E-state index contributed by atoms with van der Waals surface area (Å²) in [6.07, 6.45) is 1.97. The van der Waals surface area contributed by atoms with E-state index in [-0.39, 0.29) is 23.3 Å². The van der Waals surface area contributed by atoms with Crippen molar-refractivity contribution in [2.45, 2.75) is 6.42 Å². The molecule has 19 heavy (non-hydrogen) atoms. The highest BCUT2D eigenvalue weighted by molar-refractivity contribution is 14.1. The topological polar surface area (TPSA) is 72.4 Å². The van der Waals surface area contributed by atoms with Crippen molar-refractivity contribution < 1.29 is 14.3 Å². The van der Waals surface area contributed by atoms with E-state index >= 15 is 0 Å². The molecule has 1 aliphatic rings. The Morgan fingerprint density at radius 3 is 3.00 bits per heavy atom. The minimum atomic E-state index is -0.587. The van der Waals surface area contributed by atoms with Crippen molar-refractivity contribution >= 4 is 56.2 Å². The van der Waals surface area contributed by atoms with Crippen LogP contribution in [0.15, 0.2) is 6.20 Å². The largest absolute Gasteiger partial charge is 0.464 e. The molecule has 1 unspecified atom stereocenters. The second-order valence-corrected chi connectivity index (χ2v) is 5.84. The number of ether oxygens (including phenoxy) is 1. The van der Waals surface area contributed by atoms with Crippen LogP contribution < -0.4 is 4.90 Å². The Kier molecular flexibility index (Phi) is 4.71. The molecule has 0 spiro atoms. The number of amides is 1. The number of aromatic nitrogens is 2. The van der Waals surface area contributed by atoms with Crippen molar-refractivity contribution in [3.05, 3.63) is 15.6 Å². The van der Waals surface area contributed by atoms with Crippen molar-refractivity contribution in [3.8, 4) is 0 Å².